The normalized spacial score (nSPS) is 10.2. The summed E-state index contributed by atoms with van der Waals surface area (Å²) >= 11 is 0. The molecule has 0 aliphatic heterocycles. The largest absolute Gasteiger partial charge is 0.471 e. The van der Waals surface area contributed by atoms with Gasteiger partial charge in [-0.05, 0) is 0 Å². The first kappa shape index (κ1) is 10.7. The van der Waals surface area contributed by atoms with Gasteiger partial charge in [0.05, 0.1) is 25.1 Å². The number of rotatable bonds is 0. The number of fused-ring (bicyclic) bond motifs is 2. The van der Waals surface area contributed by atoms with Crippen LogP contribution >= 0.6 is 0 Å². The fraction of sp³-hybridized carbons (Fsp3) is 0. The van der Waals surface area contributed by atoms with Crippen LogP contribution in [0.2, 0.25) is 0 Å². The summed E-state index contributed by atoms with van der Waals surface area (Å²) in [5, 5.41) is 4.66. The SMILES string of the molecule is c1ccc2cocc2c1.c1ccc2cocc2c1. The van der Waals surface area contributed by atoms with Gasteiger partial charge in [0.2, 0.25) is 0 Å². The molecule has 0 fully saturated rings. The summed E-state index contributed by atoms with van der Waals surface area (Å²) in [6, 6.07) is 16.1. The number of hydrogen-bond donors (Lipinski definition) is 0. The maximum atomic E-state index is 4.96. The molecular formula is C16H12O2. The van der Waals surface area contributed by atoms with Gasteiger partial charge in [0, 0.05) is 21.5 Å². The zero-order valence-corrected chi connectivity index (χ0v) is 9.74. The van der Waals surface area contributed by atoms with Crippen molar-refractivity contribution in [3.05, 3.63) is 73.6 Å². The highest BCUT2D eigenvalue weighted by Crippen LogP contribution is 2.13. The van der Waals surface area contributed by atoms with Crippen LogP contribution in [0.3, 0.4) is 0 Å². The fourth-order valence-electron chi connectivity index (χ4n) is 1.81. The summed E-state index contributed by atoms with van der Waals surface area (Å²) in [5.74, 6) is 0. The Morgan fingerprint density at radius 1 is 0.444 bits per heavy atom. The monoisotopic (exact) mass is 236 g/mol. The zero-order chi connectivity index (χ0) is 12.2. The topological polar surface area (TPSA) is 26.3 Å². The Kier molecular flexibility index (Phi) is 2.84. The average Bonchev–Trinajstić information content (AvgIpc) is 3.08. The summed E-state index contributed by atoms with van der Waals surface area (Å²) in [6.07, 6.45) is 6.98. The second kappa shape index (κ2) is 4.80. The van der Waals surface area contributed by atoms with E-state index in [0.717, 1.165) is 21.5 Å². The van der Waals surface area contributed by atoms with Crippen molar-refractivity contribution in [2.24, 2.45) is 0 Å². The molecule has 2 heteroatoms. The van der Waals surface area contributed by atoms with Gasteiger partial charge >= 0.3 is 0 Å². The highest BCUT2D eigenvalue weighted by Gasteiger charge is 1.89. The van der Waals surface area contributed by atoms with E-state index in [1.807, 2.05) is 48.5 Å². The summed E-state index contributed by atoms with van der Waals surface area (Å²) in [4.78, 5) is 0. The fourth-order valence-corrected chi connectivity index (χ4v) is 1.81. The van der Waals surface area contributed by atoms with Crippen LogP contribution in [0.15, 0.2) is 82.4 Å². The van der Waals surface area contributed by atoms with Crippen LogP contribution < -0.4 is 0 Å². The van der Waals surface area contributed by atoms with Gasteiger partial charge in [0.15, 0.2) is 0 Å². The molecule has 2 aromatic heterocycles. The Hall–Kier alpha value is -2.48. The molecule has 0 bridgehead atoms. The van der Waals surface area contributed by atoms with Crippen LogP contribution in [0.4, 0.5) is 0 Å². The van der Waals surface area contributed by atoms with Crippen molar-refractivity contribution in [1.29, 1.82) is 0 Å². The van der Waals surface area contributed by atoms with E-state index in [9.17, 15) is 0 Å². The molecule has 0 aliphatic carbocycles. The standard InChI is InChI=1S/2C8H6O/c2*1-2-4-8-6-9-5-7(8)3-1/h2*1-6H. The van der Waals surface area contributed by atoms with Gasteiger partial charge in [-0.1, -0.05) is 48.5 Å². The van der Waals surface area contributed by atoms with Gasteiger partial charge in [-0.25, -0.2) is 0 Å². The molecule has 0 N–H and O–H groups in total. The Labute approximate surface area is 104 Å². The van der Waals surface area contributed by atoms with Gasteiger partial charge in [-0.2, -0.15) is 0 Å². The van der Waals surface area contributed by atoms with E-state index >= 15 is 0 Å². The molecule has 88 valence electrons. The molecular weight excluding hydrogens is 224 g/mol. The highest BCUT2D eigenvalue weighted by molar-refractivity contribution is 5.81. The van der Waals surface area contributed by atoms with Crippen molar-refractivity contribution >= 4 is 21.5 Å². The lowest BCUT2D eigenvalue weighted by Gasteiger charge is -1.80. The molecule has 4 rings (SSSR count). The van der Waals surface area contributed by atoms with E-state index in [2.05, 4.69) is 0 Å². The van der Waals surface area contributed by atoms with Crippen LogP contribution in [0.1, 0.15) is 0 Å². The van der Waals surface area contributed by atoms with E-state index in [1.165, 1.54) is 0 Å². The van der Waals surface area contributed by atoms with Crippen LogP contribution in [0.5, 0.6) is 0 Å². The van der Waals surface area contributed by atoms with Crippen molar-refractivity contribution < 1.29 is 8.83 Å². The second-order valence-electron chi connectivity index (χ2n) is 4.00. The van der Waals surface area contributed by atoms with Crippen LogP contribution in [-0.2, 0) is 0 Å². The van der Waals surface area contributed by atoms with Crippen molar-refractivity contribution in [2.45, 2.75) is 0 Å². The summed E-state index contributed by atoms with van der Waals surface area (Å²) in [6.45, 7) is 0. The maximum absolute atomic E-state index is 4.96. The molecule has 0 unspecified atom stereocenters. The molecule has 0 spiro atoms. The molecule has 4 aromatic rings. The van der Waals surface area contributed by atoms with Gasteiger partial charge in [-0.15, -0.1) is 0 Å². The third-order valence-corrected chi connectivity index (χ3v) is 2.77. The van der Waals surface area contributed by atoms with E-state index in [-0.39, 0.29) is 0 Å². The summed E-state index contributed by atoms with van der Waals surface area (Å²) in [7, 11) is 0. The quantitative estimate of drug-likeness (QED) is 0.435. The summed E-state index contributed by atoms with van der Waals surface area (Å²) in [5.41, 5.74) is 0. The van der Waals surface area contributed by atoms with E-state index in [0.29, 0.717) is 0 Å². The molecule has 0 saturated carbocycles. The number of furan rings is 2. The molecule has 2 aromatic carbocycles. The first-order valence-electron chi connectivity index (χ1n) is 5.75. The molecule has 2 nitrogen and oxygen atoms in total. The molecule has 0 saturated heterocycles. The van der Waals surface area contributed by atoms with Crippen molar-refractivity contribution in [2.75, 3.05) is 0 Å². The molecule has 2 heterocycles. The highest BCUT2D eigenvalue weighted by atomic mass is 16.3. The predicted molar refractivity (Wildman–Crippen MR) is 72.4 cm³/mol. The smallest absolute Gasteiger partial charge is 0.0981 e. The van der Waals surface area contributed by atoms with E-state index in [4.69, 9.17) is 8.83 Å². The van der Waals surface area contributed by atoms with Crippen molar-refractivity contribution in [3.8, 4) is 0 Å². The molecule has 0 aliphatic rings. The third kappa shape index (κ3) is 2.13. The van der Waals surface area contributed by atoms with E-state index < -0.39 is 0 Å². The third-order valence-electron chi connectivity index (χ3n) is 2.77. The first-order valence-corrected chi connectivity index (χ1v) is 5.75. The minimum absolute atomic E-state index is 1.16. The van der Waals surface area contributed by atoms with Crippen molar-refractivity contribution in [1.82, 2.24) is 0 Å². The maximum Gasteiger partial charge on any atom is 0.0981 e. The van der Waals surface area contributed by atoms with Crippen LogP contribution in [0.25, 0.3) is 21.5 Å². The second-order valence-corrected chi connectivity index (χ2v) is 4.00. The lowest BCUT2D eigenvalue weighted by Crippen LogP contribution is -1.57. The van der Waals surface area contributed by atoms with Gasteiger partial charge < -0.3 is 8.83 Å². The van der Waals surface area contributed by atoms with Crippen molar-refractivity contribution in [3.63, 3.8) is 0 Å². The predicted octanol–water partition coefficient (Wildman–Crippen LogP) is 4.87. The minimum atomic E-state index is 1.16. The van der Waals surface area contributed by atoms with Gasteiger partial charge in [0.1, 0.15) is 0 Å². The molecule has 0 amide bonds. The molecule has 18 heavy (non-hydrogen) atoms. The number of hydrogen-bond acceptors (Lipinski definition) is 2. The summed E-state index contributed by atoms with van der Waals surface area (Å²) < 4.78 is 9.93. The van der Waals surface area contributed by atoms with Gasteiger partial charge in [0.25, 0.3) is 0 Å². The lowest BCUT2D eigenvalue weighted by molar-refractivity contribution is 0.572. The Morgan fingerprint density at radius 3 is 1.00 bits per heavy atom. The molecule has 0 radical (unpaired) electrons. The Bertz CT molecular complexity index is 623. The van der Waals surface area contributed by atoms with Crippen LogP contribution in [-0.4, -0.2) is 0 Å². The Balaban J connectivity index is 0.000000111. The lowest BCUT2D eigenvalue weighted by atomic mass is 10.2. The Morgan fingerprint density at radius 2 is 0.722 bits per heavy atom. The van der Waals surface area contributed by atoms with Gasteiger partial charge in [-0.3, -0.25) is 0 Å². The van der Waals surface area contributed by atoms with Crippen LogP contribution in [0, 0.1) is 0 Å². The zero-order valence-electron chi connectivity index (χ0n) is 9.74. The average molecular weight is 236 g/mol. The minimum Gasteiger partial charge on any atom is -0.471 e. The molecule has 0 atom stereocenters. The van der Waals surface area contributed by atoms with E-state index in [1.54, 1.807) is 25.1 Å². The number of benzene rings is 2. The first-order chi connectivity index (χ1) is 8.93.